The maximum atomic E-state index is 12.8. The van der Waals surface area contributed by atoms with E-state index in [1.165, 1.54) is 0 Å². The monoisotopic (exact) mass is 580 g/mol. The molecule has 0 radical (unpaired) electrons. The summed E-state index contributed by atoms with van der Waals surface area (Å²) < 4.78 is 6.34. The normalized spacial score (nSPS) is 26.7. The third-order valence-electron chi connectivity index (χ3n) is 8.00. The van der Waals surface area contributed by atoms with Crippen LogP contribution in [-0.4, -0.2) is 71.7 Å². The van der Waals surface area contributed by atoms with E-state index in [0.29, 0.717) is 63.6 Å². The highest BCUT2D eigenvalue weighted by Crippen LogP contribution is 2.34. The van der Waals surface area contributed by atoms with Crippen LogP contribution in [0.2, 0.25) is 0 Å². The quantitative estimate of drug-likeness (QED) is 0.198. The van der Waals surface area contributed by atoms with Gasteiger partial charge in [-0.2, -0.15) is 0 Å². The number of thiophene rings is 1. The van der Waals surface area contributed by atoms with Crippen LogP contribution in [0.4, 0.5) is 5.69 Å². The molecular weight excluding hydrogens is 544 g/mol. The maximum absolute atomic E-state index is 12.8. The van der Waals surface area contributed by atoms with E-state index in [0.717, 1.165) is 10.4 Å². The Hall–Kier alpha value is -3.80. The van der Waals surface area contributed by atoms with Gasteiger partial charge >= 0.3 is 5.97 Å². The minimum atomic E-state index is -0.897. The Morgan fingerprint density at radius 1 is 1.29 bits per heavy atom. The van der Waals surface area contributed by atoms with Crippen LogP contribution in [-0.2, 0) is 20.9 Å². The molecule has 1 saturated carbocycles. The highest BCUT2D eigenvalue weighted by atomic mass is 32.1. The number of amidine groups is 1. The van der Waals surface area contributed by atoms with Crippen molar-refractivity contribution < 1.29 is 19.4 Å². The number of nitrogens with one attached hydrogen (secondary N) is 3. The zero-order valence-corrected chi connectivity index (χ0v) is 23.8. The van der Waals surface area contributed by atoms with Crippen LogP contribution in [0.1, 0.15) is 49.2 Å². The highest BCUT2D eigenvalue weighted by molar-refractivity contribution is 7.09. The number of carbonyl (C=O) groups excluding carboxylic acids is 1. The Kier molecular flexibility index (Phi) is 9.28. The van der Waals surface area contributed by atoms with Gasteiger partial charge in [0, 0.05) is 41.2 Å². The first kappa shape index (κ1) is 28.7. The molecule has 0 unspecified atom stereocenters. The van der Waals surface area contributed by atoms with Crippen LogP contribution in [0.15, 0.2) is 51.9 Å². The molecule has 12 nitrogen and oxygen atoms in total. The van der Waals surface area contributed by atoms with E-state index in [1.807, 2.05) is 53.6 Å². The van der Waals surface area contributed by atoms with Gasteiger partial charge in [-0.1, -0.05) is 23.3 Å². The van der Waals surface area contributed by atoms with Crippen molar-refractivity contribution in [2.24, 2.45) is 16.0 Å². The molecule has 4 N–H and O–H groups in total. The van der Waals surface area contributed by atoms with Gasteiger partial charge in [0.15, 0.2) is 0 Å². The Balaban J connectivity index is 1.19. The molecule has 1 saturated heterocycles. The van der Waals surface area contributed by atoms with Crippen molar-refractivity contribution in [3.8, 4) is 0 Å². The smallest absolute Gasteiger partial charge is 0.326 e. The number of piperazine rings is 1. The summed E-state index contributed by atoms with van der Waals surface area (Å²) in [7, 11) is 0. The van der Waals surface area contributed by atoms with Crippen molar-refractivity contribution in [1.29, 1.82) is 0 Å². The number of carboxylic acid groups (broad SMARTS) is 1. The molecule has 41 heavy (non-hydrogen) atoms. The first-order valence-electron chi connectivity index (χ1n) is 14.1. The summed E-state index contributed by atoms with van der Waals surface area (Å²) >= 11 is 1.61. The second kappa shape index (κ2) is 13.2. The molecule has 2 aliphatic heterocycles. The van der Waals surface area contributed by atoms with E-state index in [-0.39, 0.29) is 36.1 Å². The van der Waals surface area contributed by atoms with Crippen molar-refractivity contribution >= 4 is 34.9 Å². The lowest BCUT2D eigenvalue weighted by molar-refractivity contribution is -0.139. The molecule has 1 aromatic heterocycles. The molecule has 4 atom stereocenters. The first-order valence-corrected chi connectivity index (χ1v) is 15.0. The fourth-order valence-electron chi connectivity index (χ4n) is 5.79. The molecule has 2 aromatic rings. The number of hydrogen-bond donors (Lipinski definition) is 4. The van der Waals surface area contributed by atoms with Crippen molar-refractivity contribution in [2.45, 2.75) is 69.4 Å². The zero-order valence-electron chi connectivity index (χ0n) is 23.0. The van der Waals surface area contributed by atoms with Crippen LogP contribution >= 0.6 is 11.3 Å². The summed E-state index contributed by atoms with van der Waals surface area (Å²) in [6, 6.07) is 10.8. The molecule has 2 fully saturated rings. The summed E-state index contributed by atoms with van der Waals surface area (Å²) in [5.41, 5.74) is 10.3. The number of azide groups is 1. The predicted molar refractivity (Wildman–Crippen MR) is 157 cm³/mol. The largest absolute Gasteiger partial charge is 0.480 e. The van der Waals surface area contributed by atoms with Crippen molar-refractivity contribution in [2.75, 3.05) is 25.0 Å². The molecule has 3 aliphatic rings. The summed E-state index contributed by atoms with van der Waals surface area (Å²) in [6.45, 7) is 4.27. The molecule has 5 rings (SSSR count). The lowest BCUT2D eigenvalue weighted by Gasteiger charge is -2.33. The summed E-state index contributed by atoms with van der Waals surface area (Å²) in [5, 5.41) is 25.3. The van der Waals surface area contributed by atoms with Crippen LogP contribution in [0.3, 0.4) is 0 Å². The second-order valence-electron chi connectivity index (χ2n) is 10.8. The zero-order chi connectivity index (χ0) is 28.8. The van der Waals surface area contributed by atoms with Crippen LogP contribution in [0.25, 0.3) is 10.4 Å². The van der Waals surface area contributed by atoms with Crippen LogP contribution < -0.4 is 16.0 Å². The molecule has 3 heterocycles. The minimum Gasteiger partial charge on any atom is -0.480 e. The van der Waals surface area contributed by atoms with Gasteiger partial charge < -0.3 is 30.7 Å². The van der Waals surface area contributed by atoms with Gasteiger partial charge in [0.25, 0.3) is 6.02 Å². The molecule has 1 amide bonds. The second-order valence-corrected chi connectivity index (χ2v) is 11.8. The van der Waals surface area contributed by atoms with E-state index in [9.17, 15) is 14.7 Å². The average Bonchev–Trinajstić information content (AvgIpc) is 3.65. The van der Waals surface area contributed by atoms with E-state index < -0.39 is 12.0 Å². The van der Waals surface area contributed by atoms with E-state index >= 15 is 0 Å². The number of carboxylic acids is 1. The Morgan fingerprint density at radius 2 is 2.12 bits per heavy atom. The molecule has 0 spiro atoms. The fraction of sp³-hybridized carbons (Fsp3) is 0.536. The van der Waals surface area contributed by atoms with E-state index in [1.54, 1.807) is 11.3 Å². The lowest BCUT2D eigenvalue weighted by atomic mass is 9.81. The summed E-state index contributed by atoms with van der Waals surface area (Å²) in [5.74, 6) is -1.00. The Labute approximate surface area is 242 Å². The highest BCUT2D eigenvalue weighted by Gasteiger charge is 2.36. The number of nitrogens with zero attached hydrogens (tertiary/aromatic N) is 5. The number of aliphatic carboxylic acids is 1. The molecular formula is C28H36N8O4S. The summed E-state index contributed by atoms with van der Waals surface area (Å²) in [6.07, 6.45) is 2.43. The third-order valence-corrected chi connectivity index (χ3v) is 8.87. The molecule has 1 aromatic carbocycles. The number of ether oxygens (including phenoxy) is 1. The number of benzene rings is 1. The lowest BCUT2D eigenvalue weighted by Crippen LogP contribution is -2.58. The van der Waals surface area contributed by atoms with Gasteiger partial charge in [0.05, 0.1) is 12.6 Å². The molecule has 13 heteroatoms. The topological polar surface area (TPSA) is 164 Å². The standard InChI is InChI=1S/C28H36N8O4S/c1-17-25(40-28(32-17)36-12-11-30-23(16-36)26(37)31-15-22-6-3-13-41-22)19-4-2-5-21(14-19)33-24(27(38)39)18-7-9-20(10-8-18)34-35-29/h2-6,13-14,17-18,20,23-25,30,33H,7-12,15-16H2,1H3,(H,31,37)(H,38,39)/t17-,18?,20?,23-,24+,25+/m0/s1. The van der Waals surface area contributed by atoms with Crippen LogP contribution in [0, 0.1) is 5.92 Å². The Bertz CT molecular complexity index is 1290. The summed E-state index contributed by atoms with van der Waals surface area (Å²) in [4.78, 5) is 35.8. The van der Waals surface area contributed by atoms with Gasteiger partial charge in [-0.05, 0) is 73.2 Å². The number of rotatable bonds is 9. The number of amides is 1. The number of carbonyl (C=O) groups is 2. The minimum absolute atomic E-state index is 0.0515. The number of hydrogen-bond acceptors (Lipinski definition) is 9. The maximum Gasteiger partial charge on any atom is 0.326 e. The van der Waals surface area contributed by atoms with Gasteiger partial charge in [0.2, 0.25) is 5.91 Å². The van der Waals surface area contributed by atoms with Crippen LogP contribution in [0.5, 0.6) is 0 Å². The number of aliphatic imine (C=N–C) groups is 1. The molecule has 218 valence electrons. The van der Waals surface area contributed by atoms with Crippen molar-refractivity contribution in [3.63, 3.8) is 0 Å². The van der Waals surface area contributed by atoms with Gasteiger partial charge in [0.1, 0.15) is 18.2 Å². The average molecular weight is 581 g/mol. The van der Waals surface area contributed by atoms with Gasteiger partial charge in [-0.15, -0.1) is 11.3 Å². The van der Waals surface area contributed by atoms with E-state index in [4.69, 9.17) is 15.3 Å². The first-order chi connectivity index (χ1) is 19.9. The predicted octanol–water partition coefficient (Wildman–Crippen LogP) is 3.89. The molecule has 0 bridgehead atoms. The molecule has 1 aliphatic carbocycles. The van der Waals surface area contributed by atoms with Crippen molar-refractivity contribution in [1.82, 2.24) is 15.5 Å². The third kappa shape index (κ3) is 7.10. The van der Waals surface area contributed by atoms with E-state index in [2.05, 4.69) is 26.0 Å². The van der Waals surface area contributed by atoms with Gasteiger partial charge in [-0.25, -0.2) is 9.79 Å². The Morgan fingerprint density at radius 3 is 2.85 bits per heavy atom. The SMILES string of the molecule is C[C@@H]1N=C(N2CCN[C@H](C(=O)NCc3cccs3)C2)O[C@H]1c1cccc(N[C@@H](C(=O)O)C2CCC(N=[N+]=[N-])CC2)c1. The van der Waals surface area contributed by atoms with Crippen molar-refractivity contribution in [3.05, 3.63) is 62.7 Å². The fourth-order valence-corrected chi connectivity index (χ4v) is 6.43. The number of anilines is 1. The van der Waals surface area contributed by atoms with Gasteiger partial charge in [-0.3, -0.25) is 4.79 Å².